The summed E-state index contributed by atoms with van der Waals surface area (Å²) < 4.78 is 6.32. The molecule has 1 amide bonds. The van der Waals surface area contributed by atoms with Crippen LogP contribution in [0.25, 0.3) is 0 Å². The summed E-state index contributed by atoms with van der Waals surface area (Å²) >= 11 is 1.31. The van der Waals surface area contributed by atoms with Gasteiger partial charge in [-0.15, -0.1) is 18.3 Å². The maximum Gasteiger partial charge on any atom is 0.316 e. The predicted molar refractivity (Wildman–Crippen MR) is 158 cm³/mol. The van der Waals surface area contributed by atoms with Crippen LogP contribution in [0.1, 0.15) is 79.1 Å². The number of nitrogens with one attached hydrogen (secondary N) is 1. The van der Waals surface area contributed by atoms with Crippen molar-refractivity contribution < 1.29 is 34.4 Å². The van der Waals surface area contributed by atoms with Crippen LogP contribution in [-0.2, 0) is 19.1 Å². The van der Waals surface area contributed by atoms with E-state index in [1.165, 1.54) is 11.8 Å². The molecule has 0 heterocycles. The highest BCUT2D eigenvalue weighted by molar-refractivity contribution is 8.00. The molecule has 6 N–H and O–H groups in total. The molecule has 10 heteroatoms. The monoisotopic (exact) mass is 594 g/mol. The van der Waals surface area contributed by atoms with Crippen molar-refractivity contribution in [2.75, 3.05) is 12.4 Å². The molecule has 41 heavy (non-hydrogen) atoms. The fourth-order valence-electron chi connectivity index (χ4n) is 8.68. The first kappa shape index (κ1) is 32.5. The van der Waals surface area contributed by atoms with Gasteiger partial charge in [-0.25, -0.2) is 0 Å². The third kappa shape index (κ3) is 5.76. The average molecular weight is 595 g/mol. The second kappa shape index (κ2) is 12.3. The Balaban J connectivity index is 1.52. The molecular weight excluding hydrogens is 544 g/mol. The molecule has 232 valence electrons. The Hall–Kier alpha value is -1.46. The van der Waals surface area contributed by atoms with Crippen molar-refractivity contribution >= 4 is 29.4 Å². The lowest BCUT2D eigenvalue weighted by atomic mass is 9.44. The van der Waals surface area contributed by atoms with E-state index < -0.39 is 53.7 Å². The molecule has 4 aliphatic rings. The maximum atomic E-state index is 13.6. The Bertz CT molecular complexity index is 1030. The summed E-state index contributed by atoms with van der Waals surface area (Å²) in [6.45, 7) is 12.0. The summed E-state index contributed by atoms with van der Waals surface area (Å²) in [7, 11) is 0. The molecule has 9 nitrogen and oxygen atoms in total. The van der Waals surface area contributed by atoms with E-state index in [9.17, 15) is 24.6 Å². The minimum Gasteiger partial charge on any atom is -0.461 e. The van der Waals surface area contributed by atoms with Gasteiger partial charge in [0.25, 0.3) is 0 Å². The van der Waals surface area contributed by atoms with Gasteiger partial charge in [0.1, 0.15) is 17.9 Å². The standard InChI is InChI=1S/C31H50N2O7S/c1-6-29(4)14-24(30(5)17(2)9-11-31(18(3)27(29)38)12-10-22(36)26(30)31)40-25(37)16-41-23-13-19(7-8-21(23)35)33-28(39)20(32)15-34/h6,17-21,23-24,26-27,34-35,38H,1,7-16,32H2,2-5H3,(H,33,39)/t17?,18-,19+,20-,21-,23+,24+,26-,27-,29+,30-,31?/m0/s1. The van der Waals surface area contributed by atoms with E-state index in [0.29, 0.717) is 32.1 Å². The zero-order valence-corrected chi connectivity index (χ0v) is 25.8. The largest absolute Gasteiger partial charge is 0.461 e. The second-order valence-corrected chi connectivity index (χ2v) is 15.0. The Morgan fingerprint density at radius 2 is 1.93 bits per heavy atom. The van der Waals surface area contributed by atoms with E-state index in [4.69, 9.17) is 15.6 Å². The fraction of sp³-hybridized carbons (Fsp3) is 0.839. The van der Waals surface area contributed by atoms with E-state index in [-0.39, 0.29) is 46.0 Å². The zero-order valence-electron chi connectivity index (χ0n) is 25.0. The lowest BCUT2D eigenvalue weighted by Gasteiger charge is -2.61. The van der Waals surface area contributed by atoms with Crippen LogP contribution in [0.4, 0.5) is 0 Å². The van der Waals surface area contributed by atoms with E-state index >= 15 is 0 Å². The lowest BCUT2D eigenvalue weighted by Crippen LogP contribution is -2.63. The van der Waals surface area contributed by atoms with Crippen LogP contribution >= 0.6 is 11.8 Å². The van der Waals surface area contributed by atoms with Crippen molar-refractivity contribution in [2.24, 2.45) is 39.7 Å². The van der Waals surface area contributed by atoms with E-state index in [2.05, 4.69) is 32.7 Å². The minimum atomic E-state index is -0.997. The van der Waals surface area contributed by atoms with Crippen LogP contribution in [0.3, 0.4) is 0 Å². The molecule has 2 bridgehead atoms. The number of Topliss-reactive ketones (excluding diaryl/α,β-unsaturated/α-hetero) is 1. The SMILES string of the molecule is C=C[C@]1(C)C[C@@H](OC(=O)CS[C@@H]2C[C@H](NC(=O)[C@@H](N)CO)CC[C@@H]2O)[C@]2(C)C(C)CCC3(CCC(=O)[C@H]32)[C@@H](C)[C@@H]1O. The molecule has 4 rings (SSSR count). The van der Waals surface area contributed by atoms with E-state index in [1.807, 2.05) is 6.92 Å². The van der Waals surface area contributed by atoms with Gasteiger partial charge in [-0.3, -0.25) is 14.4 Å². The second-order valence-electron chi connectivity index (χ2n) is 13.8. The molecule has 4 saturated carbocycles. The number of aliphatic hydroxyl groups is 3. The maximum absolute atomic E-state index is 13.6. The fourth-order valence-corrected chi connectivity index (χ4v) is 9.83. The number of nitrogens with two attached hydrogens (primary N) is 1. The van der Waals surface area contributed by atoms with Gasteiger partial charge in [-0.05, 0) is 62.2 Å². The molecule has 4 fully saturated rings. The molecule has 0 aromatic carbocycles. The van der Waals surface area contributed by atoms with Gasteiger partial charge in [-0.1, -0.05) is 33.8 Å². The normalized spacial score (nSPS) is 45.1. The van der Waals surface area contributed by atoms with Crippen molar-refractivity contribution in [2.45, 2.75) is 115 Å². The van der Waals surface area contributed by atoms with Crippen LogP contribution < -0.4 is 11.1 Å². The smallest absolute Gasteiger partial charge is 0.316 e. The number of hydrogen-bond donors (Lipinski definition) is 5. The zero-order chi connectivity index (χ0) is 30.3. The Labute approximate surface area is 248 Å². The van der Waals surface area contributed by atoms with Gasteiger partial charge < -0.3 is 31.1 Å². The van der Waals surface area contributed by atoms with Crippen LogP contribution in [0.15, 0.2) is 12.7 Å². The van der Waals surface area contributed by atoms with Gasteiger partial charge in [-0.2, -0.15) is 0 Å². The number of amides is 1. The highest BCUT2D eigenvalue weighted by Crippen LogP contribution is 2.68. The number of esters is 1. The number of aliphatic hydroxyl groups excluding tert-OH is 3. The van der Waals surface area contributed by atoms with Crippen molar-refractivity contribution in [3.63, 3.8) is 0 Å². The number of rotatable bonds is 8. The average Bonchev–Trinajstić information content (AvgIpc) is 3.31. The number of carbonyl (C=O) groups is 3. The first-order chi connectivity index (χ1) is 19.2. The molecule has 0 saturated heterocycles. The molecule has 4 aliphatic carbocycles. The highest BCUT2D eigenvalue weighted by atomic mass is 32.2. The molecule has 0 aromatic rings. The molecule has 2 unspecified atom stereocenters. The number of ketones is 1. The summed E-state index contributed by atoms with van der Waals surface area (Å²) in [5.74, 6) is -0.824. The third-order valence-corrected chi connectivity index (χ3v) is 13.0. The molecular formula is C31H50N2O7S. The summed E-state index contributed by atoms with van der Waals surface area (Å²) in [6.07, 6.45) is 4.81. The Kier molecular flexibility index (Phi) is 9.71. The number of ether oxygens (including phenoxy) is 1. The van der Waals surface area contributed by atoms with Crippen molar-refractivity contribution in [3.8, 4) is 0 Å². The lowest BCUT2D eigenvalue weighted by molar-refractivity contribution is -0.205. The van der Waals surface area contributed by atoms with Crippen molar-refractivity contribution in [1.82, 2.24) is 5.32 Å². The predicted octanol–water partition coefficient (Wildman–Crippen LogP) is 2.34. The third-order valence-electron chi connectivity index (χ3n) is 11.6. The molecule has 0 spiro atoms. The van der Waals surface area contributed by atoms with Gasteiger partial charge in [0.05, 0.1) is 24.6 Å². The first-order valence-electron chi connectivity index (χ1n) is 15.2. The van der Waals surface area contributed by atoms with Gasteiger partial charge in [0, 0.05) is 34.5 Å². The topological polar surface area (TPSA) is 159 Å². The summed E-state index contributed by atoms with van der Waals surface area (Å²) in [5.41, 5.74) is 4.03. The summed E-state index contributed by atoms with van der Waals surface area (Å²) in [5, 5.41) is 34.0. The van der Waals surface area contributed by atoms with Crippen LogP contribution in [0, 0.1) is 34.0 Å². The molecule has 0 aliphatic heterocycles. The van der Waals surface area contributed by atoms with Crippen LogP contribution in [0.2, 0.25) is 0 Å². The van der Waals surface area contributed by atoms with Gasteiger partial charge >= 0.3 is 5.97 Å². The Morgan fingerprint density at radius 1 is 1.22 bits per heavy atom. The first-order valence-corrected chi connectivity index (χ1v) is 16.3. The quantitative estimate of drug-likeness (QED) is 0.210. The summed E-state index contributed by atoms with van der Waals surface area (Å²) in [4.78, 5) is 39.2. The molecule has 0 aromatic heterocycles. The Morgan fingerprint density at radius 3 is 2.59 bits per heavy atom. The van der Waals surface area contributed by atoms with Crippen molar-refractivity contribution in [1.29, 1.82) is 0 Å². The van der Waals surface area contributed by atoms with Gasteiger partial charge in [0.2, 0.25) is 5.91 Å². The van der Waals surface area contributed by atoms with Gasteiger partial charge in [0.15, 0.2) is 0 Å². The molecule has 12 atom stereocenters. The number of hydrogen-bond acceptors (Lipinski definition) is 9. The summed E-state index contributed by atoms with van der Waals surface area (Å²) in [6, 6.07) is -1.20. The van der Waals surface area contributed by atoms with Crippen LogP contribution in [-0.4, -0.2) is 81.0 Å². The number of carbonyl (C=O) groups excluding carboxylic acids is 3. The van der Waals surface area contributed by atoms with E-state index in [0.717, 1.165) is 19.3 Å². The highest BCUT2D eigenvalue weighted by Gasteiger charge is 2.68. The molecule has 0 radical (unpaired) electrons. The number of thioether (sulfide) groups is 1. The van der Waals surface area contributed by atoms with Crippen LogP contribution in [0.5, 0.6) is 0 Å². The van der Waals surface area contributed by atoms with Crippen molar-refractivity contribution in [3.05, 3.63) is 12.7 Å². The van der Waals surface area contributed by atoms with E-state index in [1.54, 1.807) is 6.08 Å². The minimum absolute atomic E-state index is 0.0209.